The molecule has 0 spiro atoms. The summed E-state index contributed by atoms with van der Waals surface area (Å²) in [6, 6.07) is 31.1. The minimum atomic E-state index is -0.595. The van der Waals surface area contributed by atoms with Gasteiger partial charge in [0, 0.05) is 5.56 Å². The Labute approximate surface area is 167 Å². The van der Waals surface area contributed by atoms with Gasteiger partial charge in [0.05, 0.1) is 10.5 Å². The molecule has 0 unspecified atom stereocenters. The predicted octanol–water partition coefficient (Wildman–Crippen LogP) is 5.96. The Balaban J connectivity index is 2.15. The second kappa shape index (κ2) is 7.90. The van der Waals surface area contributed by atoms with E-state index in [4.69, 9.17) is 0 Å². The standard InChI is InChI=1S/C25H17NO3/c27-25-23(20-14-8-3-9-15-20)17-21(18-10-4-1-5-11-18)16-22(24(25)26(28)29)19-12-6-2-7-13-19/h1-17H. The first-order valence-corrected chi connectivity index (χ1v) is 9.18. The maximum absolute atomic E-state index is 13.3. The van der Waals surface area contributed by atoms with Gasteiger partial charge in [-0.1, -0.05) is 91.0 Å². The van der Waals surface area contributed by atoms with Crippen LogP contribution in [0.15, 0.2) is 108 Å². The van der Waals surface area contributed by atoms with Gasteiger partial charge in [-0.15, -0.1) is 0 Å². The lowest BCUT2D eigenvalue weighted by Gasteiger charge is -2.02. The molecule has 0 radical (unpaired) electrons. The third kappa shape index (κ3) is 3.69. The summed E-state index contributed by atoms with van der Waals surface area (Å²) >= 11 is 0. The molecule has 4 rings (SSSR count). The number of rotatable bonds is 4. The van der Waals surface area contributed by atoms with Crippen molar-refractivity contribution in [3.8, 4) is 33.4 Å². The normalized spacial score (nSPS) is 10.5. The lowest BCUT2D eigenvalue weighted by atomic mass is 10.0. The molecule has 0 atom stereocenters. The zero-order valence-electron chi connectivity index (χ0n) is 15.5. The van der Waals surface area contributed by atoms with Gasteiger partial charge in [0.15, 0.2) is 0 Å². The van der Waals surface area contributed by atoms with E-state index in [0.717, 1.165) is 11.1 Å². The molecule has 4 nitrogen and oxygen atoms in total. The van der Waals surface area contributed by atoms with Crippen LogP contribution in [0.2, 0.25) is 0 Å². The van der Waals surface area contributed by atoms with Crippen molar-refractivity contribution in [1.29, 1.82) is 0 Å². The van der Waals surface area contributed by atoms with E-state index >= 15 is 0 Å². The van der Waals surface area contributed by atoms with Crippen molar-refractivity contribution in [3.63, 3.8) is 0 Å². The summed E-state index contributed by atoms with van der Waals surface area (Å²) in [6.07, 6.45) is 0. The van der Waals surface area contributed by atoms with Gasteiger partial charge in [0.25, 0.3) is 5.43 Å². The van der Waals surface area contributed by atoms with E-state index in [0.29, 0.717) is 22.3 Å². The van der Waals surface area contributed by atoms with Crippen molar-refractivity contribution >= 4 is 5.69 Å². The van der Waals surface area contributed by atoms with Crippen molar-refractivity contribution in [2.24, 2.45) is 0 Å². The van der Waals surface area contributed by atoms with E-state index in [9.17, 15) is 14.9 Å². The van der Waals surface area contributed by atoms with Crippen LogP contribution in [0.4, 0.5) is 5.69 Å². The summed E-state index contributed by atoms with van der Waals surface area (Å²) in [6.45, 7) is 0. The fraction of sp³-hybridized carbons (Fsp3) is 0. The smallest absolute Gasteiger partial charge is 0.281 e. The molecule has 0 saturated carbocycles. The maximum Gasteiger partial charge on any atom is 0.324 e. The number of hydrogen-bond acceptors (Lipinski definition) is 3. The minimum absolute atomic E-state index is 0.304. The first kappa shape index (κ1) is 18.3. The highest BCUT2D eigenvalue weighted by molar-refractivity contribution is 5.83. The molecule has 0 fully saturated rings. The van der Waals surface area contributed by atoms with E-state index in [1.54, 1.807) is 48.5 Å². The first-order chi connectivity index (χ1) is 14.1. The highest BCUT2D eigenvalue weighted by Crippen LogP contribution is 2.33. The van der Waals surface area contributed by atoms with Gasteiger partial charge < -0.3 is 0 Å². The van der Waals surface area contributed by atoms with E-state index in [1.807, 2.05) is 54.6 Å². The van der Waals surface area contributed by atoms with Crippen LogP contribution in [-0.2, 0) is 0 Å². The zero-order valence-corrected chi connectivity index (χ0v) is 15.5. The summed E-state index contributed by atoms with van der Waals surface area (Å²) in [7, 11) is 0. The van der Waals surface area contributed by atoms with Crippen LogP contribution in [0.25, 0.3) is 33.4 Å². The summed E-state index contributed by atoms with van der Waals surface area (Å²) in [5, 5.41) is 12.0. The molecule has 0 saturated heterocycles. The molecule has 0 amide bonds. The van der Waals surface area contributed by atoms with Crippen molar-refractivity contribution in [2.45, 2.75) is 0 Å². The molecular formula is C25H17NO3. The second-order valence-corrected chi connectivity index (χ2v) is 6.60. The predicted molar refractivity (Wildman–Crippen MR) is 116 cm³/mol. The van der Waals surface area contributed by atoms with Gasteiger partial charge >= 0.3 is 5.69 Å². The molecule has 140 valence electrons. The molecule has 0 aliphatic carbocycles. The largest absolute Gasteiger partial charge is 0.324 e. The number of benzene rings is 3. The van der Waals surface area contributed by atoms with Gasteiger partial charge in [0.2, 0.25) is 0 Å². The Hall–Kier alpha value is -4.05. The van der Waals surface area contributed by atoms with E-state index < -0.39 is 16.0 Å². The van der Waals surface area contributed by atoms with Crippen LogP contribution < -0.4 is 5.43 Å². The summed E-state index contributed by atoms with van der Waals surface area (Å²) in [5.74, 6) is 0. The molecule has 4 aromatic carbocycles. The molecule has 0 bridgehead atoms. The third-order valence-electron chi connectivity index (χ3n) is 4.77. The summed E-state index contributed by atoms with van der Waals surface area (Å²) in [5.41, 5.74) is 2.50. The van der Waals surface area contributed by atoms with Gasteiger partial charge in [-0.2, -0.15) is 0 Å². The molecule has 0 heterocycles. The van der Waals surface area contributed by atoms with Crippen LogP contribution in [0.1, 0.15) is 0 Å². The highest BCUT2D eigenvalue weighted by Gasteiger charge is 2.23. The molecule has 0 aliphatic heterocycles. The minimum Gasteiger partial charge on any atom is -0.281 e. The fourth-order valence-corrected chi connectivity index (χ4v) is 3.38. The molecule has 0 aliphatic rings. The Morgan fingerprint density at radius 3 is 1.45 bits per heavy atom. The lowest BCUT2D eigenvalue weighted by molar-refractivity contribution is -0.385. The van der Waals surface area contributed by atoms with E-state index in [-0.39, 0.29) is 0 Å². The Morgan fingerprint density at radius 1 is 0.552 bits per heavy atom. The Bertz CT molecular complexity index is 1220. The maximum atomic E-state index is 13.3. The van der Waals surface area contributed by atoms with Gasteiger partial charge in [-0.3, -0.25) is 14.9 Å². The van der Waals surface area contributed by atoms with Gasteiger partial charge in [-0.25, -0.2) is 0 Å². The topological polar surface area (TPSA) is 60.2 Å². The third-order valence-corrected chi connectivity index (χ3v) is 4.77. The summed E-state index contributed by atoms with van der Waals surface area (Å²) in [4.78, 5) is 24.8. The Morgan fingerprint density at radius 2 is 0.966 bits per heavy atom. The van der Waals surface area contributed by atoms with Crippen LogP contribution in [-0.4, -0.2) is 4.92 Å². The Kier molecular flexibility index (Phi) is 4.99. The molecule has 4 heteroatoms. The average Bonchev–Trinajstić information content (AvgIpc) is 2.92. The van der Waals surface area contributed by atoms with E-state index in [1.165, 1.54) is 0 Å². The van der Waals surface area contributed by atoms with Crippen molar-refractivity contribution in [2.75, 3.05) is 0 Å². The number of nitro groups is 1. The van der Waals surface area contributed by atoms with Crippen LogP contribution in [0.5, 0.6) is 0 Å². The zero-order chi connectivity index (χ0) is 20.2. The van der Waals surface area contributed by atoms with Crippen LogP contribution in [0.3, 0.4) is 0 Å². The van der Waals surface area contributed by atoms with Crippen molar-refractivity contribution < 1.29 is 4.92 Å². The molecule has 29 heavy (non-hydrogen) atoms. The first-order valence-electron chi connectivity index (χ1n) is 9.18. The molecule has 0 aromatic heterocycles. The second-order valence-electron chi connectivity index (χ2n) is 6.60. The summed E-state index contributed by atoms with van der Waals surface area (Å²) < 4.78 is 0. The SMILES string of the molecule is O=c1c(-c2ccccc2)cc(-c2ccccc2)cc(-c2ccccc2)c1[N+](=O)[O-]. The lowest BCUT2D eigenvalue weighted by Crippen LogP contribution is -2.09. The molecular weight excluding hydrogens is 362 g/mol. The van der Waals surface area contributed by atoms with Crippen LogP contribution >= 0.6 is 0 Å². The molecule has 0 N–H and O–H groups in total. The number of hydrogen-bond donors (Lipinski definition) is 0. The number of nitrogens with zero attached hydrogens (tertiary/aromatic N) is 1. The average molecular weight is 379 g/mol. The molecule has 4 aromatic rings. The monoisotopic (exact) mass is 379 g/mol. The van der Waals surface area contributed by atoms with Gasteiger partial charge in [0.1, 0.15) is 0 Å². The van der Waals surface area contributed by atoms with Crippen LogP contribution in [0, 0.1) is 10.1 Å². The van der Waals surface area contributed by atoms with Crippen molar-refractivity contribution in [1.82, 2.24) is 0 Å². The highest BCUT2D eigenvalue weighted by atomic mass is 16.6. The van der Waals surface area contributed by atoms with E-state index in [2.05, 4.69) is 0 Å². The van der Waals surface area contributed by atoms with Gasteiger partial charge in [-0.05, 0) is 34.4 Å². The fourth-order valence-electron chi connectivity index (χ4n) is 3.38. The van der Waals surface area contributed by atoms with Crippen molar-refractivity contribution in [3.05, 3.63) is 123 Å². The quantitative estimate of drug-likeness (QED) is 0.325.